The van der Waals surface area contributed by atoms with Crippen molar-refractivity contribution in [2.24, 2.45) is 0 Å². The van der Waals surface area contributed by atoms with Gasteiger partial charge in [0, 0.05) is 33.0 Å². The van der Waals surface area contributed by atoms with Crippen molar-refractivity contribution in [1.82, 2.24) is 15.0 Å². The third kappa shape index (κ3) is 4.59. The van der Waals surface area contributed by atoms with E-state index in [2.05, 4.69) is 103 Å². The highest BCUT2D eigenvalue weighted by Crippen LogP contribution is 2.38. The zero-order chi connectivity index (χ0) is 32.3. The summed E-state index contributed by atoms with van der Waals surface area (Å²) in [6, 6.07) is 46.1. The van der Waals surface area contributed by atoms with Gasteiger partial charge < -0.3 is 9.15 Å². The van der Waals surface area contributed by atoms with Crippen LogP contribution in [0.25, 0.3) is 94.2 Å². The van der Waals surface area contributed by atoms with Crippen molar-refractivity contribution in [2.75, 3.05) is 6.61 Å². The van der Waals surface area contributed by atoms with E-state index in [4.69, 9.17) is 24.1 Å². The van der Waals surface area contributed by atoms with E-state index in [0.717, 1.165) is 66.1 Å². The molecule has 3 heterocycles. The van der Waals surface area contributed by atoms with E-state index < -0.39 is 0 Å². The molecule has 2 aromatic heterocycles. The number of fused-ring (bicyclic) bond motifs is 7. The Kier molecular flexibility index (Phi) is 6.18. The average molecular weight is 630 g/mol. The lowest BCUT2D eigenvalue weighted by atomic mass is 9.98. The first kappa shape index (κ1) is 27.5. The Morgan fingerprint density at radius 3 is 2.02 bits per heavy atom. The summed E-state index contributed by atoms with van der Waals surface area (Å²) in [5, 5.41) is 8.91. The number of allylic oxidation sites excluding steroid dienone is 2. The number of furan rings is 1. The second-order valence-electron chi connectivity index (χ2n) is 12.3. The number of para-hydroxylation sites is 1. The SMILES string of the molecule is C1=CCOC(c2cc(-c3nc(-c4ccc5ccc6ccccc6c5c4)nc(-c4cccc5oc6ccccc6c45)n3)cc3ccccc23)=C1. The van der Waals surface area contributed by atoms with Crippen molar-refractivity contribution in [3.8, 4) is 34.2 Å². The molecule has 5 heteroatoms. The van der Waals surface area contributed by atoms with E-state index in [-0.39, 0.29) is 0 Å². The smallest absolute Gasteiger partial charge is 0.164 e. The maximum atomic E-state index is 6.27. The molecule has 0 saturated carbocycles. The second kappa shape index (κ2) is 11.0. The Morgan fingerprint density at radius 2 is 1.16 bits per heavy atom. The molecule has 0 radical (unpaired) electrons. The summed E-state index contributed by atoms with van der Waals surface area (Å²) in [6.07, 6.45) is 6.06. The van der Waals surface area contributed by atoms with Crippen molar-refractivity contribution < 1.29 is 9.15 Å². The second-order valence-corrected chi connectivity index (χ2v) is 12.3. The predicted octanol–water partition coefficient (Wildman–Crippen LogP) is 11.2. The largest absolute Gasteiger partial charge is 0.489 e. The van der Waals surface area contributed by atoms with Crippen LogP contribution in [0.15, 0.2) is 156 Å². The van der Waals surface area contributed by atoms with Gasteiger partial charge in [0.15, 0.2) is 17.5 Å². The fourth-order valence-corrected chi connectivity index (χ4v) is 7.06. The fourth-order valence-electron chi connectivity index (χ4n) is 7.06. The van der Waals surface area contributed by atoms with Gasteiger partial charge in [-0.05, 0) is 74.8 Å². The Labute approximate surface area is 281 Å². The Bertz CT molecular complexity index is 2850. The van der Waals surface area contributed by atoms with Crippen LogP contribution in [0.4, 0.5) is 0 Å². The number of hydrogen-bond donors (Lipinski definition) is 0. The molecule has 0 amide bonds. The van der Waals surface area contributed by atoms with Gasteiger partial charge in [-0.2, -0.15) is 0 Å². The van der Waals surface area contributed by atoms with Crippen LogP contribution >= 0.6 is 0 Å². The van der Waals surface area contributed by atoms with Gasteiger partial charge >= 0.3 is 0 Å². The summed E-state index contributed by atoms with van der Waals surface area (Å²) in [7, 11) is 0. The van der Waals surface area contributed by atoms with E-state index in [9.17, 15) is 0 Å². The predicted molar refractivity (Wildman–Crippen MR) is 199 cm³/mol. The lowest BCUT2D eigenvalue weighted by Crippen LogP contribution is -2.02. The van der Waals surface area contributed by atoms with Gasteiger partial charge in [-0.15, -0.1) is 0 Å². The molecule has 7 aromatic carbocycles. The molecule has 0 spiro atoms. The third-order valence-corrected chi connectivity index (χ3v) is 9.39. The number of aromatic nitrogens is 3. The van der Waals surface area contributed by atoms with Crippen LogP contribution < -0.4 is 0 Å². The minimum Gasteiger partial charge on any atom is -0.489 e. The summed E-state index contributed by atoms with van der Waals surface area (Å²) >= 11 is 0. The molecule has 1 aliphatic heterocycles. The molecule has 5 nitrogen and oxygen atoms in total. The number of nitrogens with zero attached hydrogens (tertiary/aromatic N) is 3. The lowest BCUT2D eigenvalue weighted by Gasteiger charge is -2.16. The first-order chi connectivity index (χ1) is 24.3. The van der Waals surface area contributed by atoms with Crippen LogP contribution in [0.1, 0.15) is 5.56 Å². The van der Waals surface area contributed by atoms with Crippen LogP contribution in [0.3, 0.4) is 0 Å². The van der Waals surface area contributed by atoms with Gasteiger partial charge in [-0.25, -0.2) is 15.0 Å². The molecule has 0 atom stereocenters. The third-order valence-electron chi connectivity index (χ3n) is 9.39. The molecule has 10 rings (SSSR count). The van der Waals surface area contributed by atoms with Crippen molar-refractivity contribution in [2.45, 2.75) is 0 Å². The highest BCUT2D eigenvalue weighted by Gasteiger charge is 2.20. The average Bonchev–Trinajstić information content (AvgIpc) is 3.56. The molecule has 1 aliphatic rings. The number of benzene rings is 7. The van der Waals surface area contributed by atoms with Gasteiger partial charge in [0.25, 0.3) is 0 Å². The van der Waals surface area contributed by atoms with Gasteiger partial charge in [-0.3, -0.25) is 0 Å². The Hall–Kier alpha value is -6.59. The maximum Gasteiger partial charge on any atom is 0.164 e. The van der Waals surface area contributed by atoms with Gasteiger partial charge in [-0.1, -0.05) is 109 Å². The summed E-state index contributed by atoms with van der Waals surface area (Å²) < 4.78 is 12.4. The van der Waals surface area contributed by atoms with E-state index in [1.54, 1.807) is 0 Å². The van der Waals surface area contributed by atoms with E-state index in [1.807, 2.05) is 48.6 Å². The molecule has 0 bridgehead atoms. The lowest BCUT2D eigenvalue weighted by molar-refractivity contribution is 0.316. The van der Waals surface area contributed by atoms with Crippen LogP contribution in [-0.4, -0.2) is 21.6 Å². The molecule has 0 N–H and O–H groups in total. The fraction of sp³-hybridized carbons (Fsp3) is 0.0227. The van der Waals surface area contributed by atoms with Gasteiger partial charge in [0.05, 0.1) is 0 Å². The zero-order valence-corrected chi connectivity index (χ0v) is 26.3. The Morgan fingerprint density at radius 1 is 0.469 bits per heavy atom. The normalized spacial score (nSPS) is 13.0. The molecule has 0 fully saturated rings. The minimum absolute atomic E-state index is 0.531. The highest BCUT2D eigenvalue weighted by atomic mass is 16.5. The van der Waals surface area contributed by atoms with Crippen LogP contribution in [0.2, 0.25) is 0 Å². The van der Waals surface area contributed by atoms with Gasteiger partial charge in [0.2, 0.25) is 0 Å². The monoisotopic (exact) mass is 629 g/mol. The molecule has 9 aromatic rings. The van der Waals surface area contributed by atoms with Crippen LogP contribution in [0.5, 0.6) is 0 Å². The van der Waals surface area contributed by atoms with E-state index in [0.29, 0.717) is 24.1 Å². The van der Waals surface area contributed by atoms with E-state index in [1.165, 1.54) is 16.2 Å². The molecule has 230 valence electrons. The van der Waals surface area contributed by atoms with Crippen molar-refractivity contribution >= 4 is 60.0 Å². The quantitative estimate of drug-likeness (QED) is 0.181. The van der Waals surface area contributed by atoms with Crippen molar-refractivity contribution in [1.29, 1.82) is 0 Å². The first-order valence-corrected chi connectivity index (χ1v) is 16.4. The zero-order valence-electron chi connectivity index (χ0n) is 26.3. The van der Waals surface area contributed by atoms with E-state index >= 15 is 0 Å². The maximum absolute atomic E-state index is 6.27. The number of hydrogen-bond acceptors (Lipinski definition) is 5. The standard InChI is InChI=1S/C44H27N3O2/c1-3-12-32-27(10-1)19-20-28-21-22-30(25-36(28)32)42-45-43(31-24-29-11-2-4-13-33(29)37(26-31)38-16-7-8-23-48-38)47-44(46-42)35-15-9-18-40-41(35)34-14-5-6-17-39(34)49-40/h1-22,24-26H,23H2. The first-order valence-electron chi connectivity index (χ1n) is 16.4. The summed E-state index contributed by atoms with van der Waals surface area (Å²) in [6.45, 7) is 0.531. The molecule has 0 unspecified atom stereocenters. The van der Waals surface area contributed by atoms with Crippen LogP contribution in [-0.2, 0) is 4.74 Å². The van der Waals surface area contributed by atoms with Crippen molar-refractivity contribution in [3.63, 3.8) is 0 Å². The Balaban J connectivity index is 1.25. The highest BCUT2D eigenvalue weighted by molar-refractivity contribution is 6.12. The molecular weight excluding hydrogens is 603 g/mol. The van der Waals surface area contributed by atoms with Crippen molar-refractivity contribution in [3.05, 3.63) is 157 Å². The summed E-state index contributed by atoms with van der Waals surface area (Å²) in [5.41, 5.74) is 5.32. The topological polar surface area (TPSA) is 61.0 Å². The molecule has 49 heavy (non-hydrogen) atoms. The van der Waals surface area contributed by atoms with Crippen LogP contribution in [0, 0.1) is 0 Å². The number of rotatable bonds is 4. The summed E-state index contributed by atoms with van der Waals surface area (Å²) in [4.78, 5) is 15.6. The molecule has 0 saturated heterocycles. The molecular formula is C44H27N3O2. The summed E-state index contributed by atoms with van der Waals surface area (Å²) in [5.74, 6) is 2.60. The minimum atomic E-state index is 0.531. The molecule has 0 aliphatic carbocycles. The number of ether oxygens (including phenoxy) is 1. The van der Waals surface area contributed by atoms with Gasteiger partial charge in [0.1, 0.15) is 23.5 Å².